The molecule has 0 aromatic rings. The van der Waals surface area contributed by atoms with E-state index >= 15 is 0 Å². The van der Waals surface area contributed by atoms with E-state index in [0.29, 0.717) is 12.8 Å². The molecule has 0 saturated carbocycles. The highest BCUT2D eigenvalue weighted by atomic mass is 16.7. The van der Waals surface area contributed by atoms with Crippen LogP contribution in [0.5, 0.6) is 0 Å². The van der Waals surface area contributed by atoms with Gasteiger partial charge in [0.1, 0.15) is 48.8 Å². The van der Waals surface area contributed by atoms with Crippen molar-refractivity contribution in [1.82, 2.24) is 5.32 Å². The number of allylic oxidation sites excluding steroid dienone is 17. The summed E-state index contributed by atoms with van der Waals surface area (Å²) in [6, 6.07) is -0.936. The van der Waals surface area contributed by atoms with Crippen LogP contribution in [0.2, 0.25) is 0 Å². The summed E-state index contributed by atoms with van der Waals surface area (Å²) >= 11 is 0. The van der Waals surface area contributed by atoms with Crippen molar-refractivity contribution < 1.29 is 64.6 Å². The summed E-state index contributed by atoms with van der Waals surface area (Å²) in [5.41, 5.74) is 0. The second-order valence-electron chi connectivity index (χ2n) is 20.7. The lowest BCUT2D eigenvalue weighted by atomic mass is 9.97. The van der Waals surface area contributed by atoms with Gasteiger partial charge in [-0.3, -0.25) is 4.79 Å². The van der Waals surface area contributed by atoms with Gasteiger partial charge in [0.15, 0.2) is 12.6 Å². The molecule has 2 aliphatic heterocycles. The van der Waals surface area contributed by atoms with Gasteiger partial charge in [0.2, 0.25) is 5.91 Å². The molecule has 2 rings (SSSR count). The lowest BCUT2D eigenvalue weighted by Gasteiger charge is -2.46. The number of unbranched alkanes of at least 4 members (excludes halogenated alkanes) is 17. The molecule has 2 heterocycles. The van der Waals surface area contributed by atoms with E-state index < -0.39 is 86.8 Å². The van der Waals surface area contributed by atoms with Crippen LogP contribution in [0.25, 0.3) is 0 Å². The molecule has 0 spiro atoms. The maximum Gasteiger partial charge on any atom is 0.220 e. The minimum absolute atomic E-state index is 0.259. The monoisotopic (exact) mass is 1100 g/mol. The Morgan fingerprint density at radius 3 is 1.41 bits per heavy atom. The van der Waals surface area contributed by atoms with Crippen LogP contribution in [0.4, 0.5) is 0 Å². The van der Waals surface area contributed by atoms with Crippen molar-refractivity contribution in [3.63, 3.8) is 0 Å². The van der Waals surface area contributed by atoms with Gasteiger partial charge in [-0.2, -0.15) is 0 Å². The lowest BCUT2D eigenvalue weighted by molar-refractivity contribution is -0.359. The predicted octanol–water partition coefficient (Wildman–Crippen LogP) is 10.4. The predicted molar refractivity (Wildman–Crippen MR) is 313 cm³/mol. The number of nitrogens with one attached hydrogen (secondary N) is 1. The molecule has 446 valence electrons. The van der Waals surface area contributed by atoms with E-state index in [1.165, 1.54) is 70.6 Å². The van der Waals surface area contributed by atoms with Gasteiger partial charge in [0.25, 0.3) is 0 Å². The molecule has 2 saturated heterocycles. The van der Waals surface area contributed by atoms with Crippen LogP contribution in [0.15, 0.2) is 109 Å². The minimum Gasteiger partial charge on any atom is -0.394 e. The second kappa shape index (κ2) is 48.4. The van der Waals surface area contributed by atoms with Gasteiger partial charge in [-0.1, -0.05) is 207 Å². The Labute approximate surface area is 470 Å². The van der Waals surface area contributed by atoms with Crippen LogP contribution >= 0.6 is 0 Å². The summed E-state index contributed by atoms with van der Waals surface area (Å²) in [5.74, 6) is -0.259. The van der Waals surface area contributed by atoms with E-state index in [4.69, 9.17) is 18.9 Å². The molecule has 78 heavy (non-hydrogen) atoms. The van der Waals surface area contributed by atoms with E-state index in [9.17, 15) is 45.6 Å². The van der Waals surface area contributed by atoms with Gasteiger partial charge in [0.05, 0.1) is 32.0 Å². The lowest BCUT2D eigenvalue weighted by Crippen LogP contribution is -2.65. The van der Waals surface area contributed by atoms with Crippen LogP contribution in [0.1, 0.15) is 194 Å². The zero-order valence-electron chi connectivity index (χ0n) is 47.9. The van der Waals surface area contributed by atoms with Crippen LogP contribution in [0, 0.1) is 0 Å². The van der Waals surface area contributed by atoms with Crippen LogP contribution in [0.3, 0.4) is 0 Å². The summed E-state index contributed by atoms with van der Waals surface area (Å²) in [7, 11) is 0. The molecular formula is C64H107NO13. The molecule has 0 aromatic carbocycles. The number of amides is 1. The zero-order valence-corrected chi connectivity index (χ0v) is 47.9. The van der Waals surface area contributed by atoms with Crippen LogP contribution in [-0.4, -0.2) is 140 Å². The van der Waals surface area contributed by atoms with Gasteiger partial charge in [-0.25, -0.2) is 0 Å². The van der Waals surface area contributed by atoms with Crippen molar-refractivity contribution in [2.45, 2.75) is 267 Å². The highest BCUT2D eigenvalue weighted by molar-refractivity contribution is 5.76. The van der Waals surface area contributed by atoms with Gasteiger partial charge < -0.3 is 65.1 Å². The fraction of sp³-hybridized carbons (Fsp3) is 0.703. The Balaban J connectivity index is 1.61. The molecule has 2 aliphatic rings. The maximum atomic E-state index is 13.2. The van der Waals surface area contributed by atoms with Crippen molar-refractivity contribution in [2.24, 2.45) is 0 Å². The molecule has 12 unspecified atom stereocenters. The molecule has 0 radical (unpaired) electrons. The number of aliphatic hydroxyl groups is 8. The number of carbonyl (C=O) groups excluding carboxylic acids is 1. The van der Waals surface area contributed by atoms with Crippen molar-refractivity contribution in [3.05, 3.63) is 109 Å². The first-order chi connectivity index (χ1) is 38.1. The summed E-state index contributed by atoms with van der Waals surface area (Å²) in [5, 5.41) is 86.7. The van der Waals surface area contributed by atoms with Gasteiger partial charge in [-0.05, 0) is 89.9 Å². The third-order valence-corrected chi connectivity index (χ3v) is 13.9. The van der Waals surface area contributed by atoms with E-state index in [2.05, 4.69) is 116 Å². The van der Waals surface area contributed by atoms with Gasteiger partial charge in [-0.15, -0.1) is 0 Å². The summed E-state index contributed by atoms with van der Waals surface area (Å²) in [4.78, 5) is 13.2. The van der Waals surface area contributed by atoms with E-state index in [-0.39, 0.29) is 18.9 Å². The summed E-state index contributed by atoms with van der Waals surface area (Å²) in [6.07, 6.45) is 51.7. The standard InChI is InChI=1S/C64H107NO13/c1-3-5-7-9-11-13-14-15-16-17-18-19-20-21-22-23-24-25-26-27-28-29-30-31-32-33-34-35-36-37-38-40-42-44-46-48-56(69)65-52(53(68)47-45-43-41-39-12-10-8-6-4-2)51-75-63-61(74)59(72)62(55(50-67)77-63)78-64-60(73)58(71)57(70)54(49-66)76-64/h5,7,11-13,15-16,18-19,21-22,24-25,27-28,39,45,47,52-55,57-64,66-68,70-74H,3-4,6,8-10,14,17,20,23,26,29-38,40-44,46,48-51H2,1-2H3,(H,65,69)/b7-5-,13-11-,16-15-,19-18-,22-21-,25-24-,28-27-,39-12+,47-45+. The Kier molecular flexibility index (Phi) is 43.9. The van der Waals surface area contributed by atoms with Gasteiger partial charge >= 0.3 is 0 Å². The van der Waals surface area contributed by atoms with Crippen molar-refractivity contribution >= 4 is 5.91 Å². The Morgan fingerprint density at radius 2 is 0.897 bits per heavy atom. The van der Waals surface area contributed by atoms with Crippen molar-refractivity contribution in [3.8, 4) is 0 Å². The second-order valence-corrected chi connectivity index (χ2v) is 20.7. The fourth-order valence-electron chi connectivity index (χ4n) is 9.11. The van der Waals surface area contributed by atoms with Crippen molar-refractivity contribution in [2.75, 3.05) is 19.8 Å². The molecule has 2 fully saturated rings. The summed E-state index contributed by atoms with van der Waals surface area (Å²) in [6.45, 7) is 2.58. The topological polar surface area (TPSA) is 228 Å². The van der Waals surface area contributed by atoms with E-state index in [1.54, 1.807) is 6.08 Å². The van der Waals surface area contributed by atoms with E-state index in [1.807, 2.05) is 6.08 Å². The largest absolute Gasteiger partial charge is 0.394 e. The van der Waals surface area contributed by atoms with Gasteiger partial charge in [0, 0.05) is 6.42 Å². The molecule has 9 N–H and O–H groups in total. The third-order valence-electron chi connectivity index (χ3n) is 13.9. The average molecular weight is 1100 g/mol. The maximum absolute atomic E-state index is 13.2. The number of aliphatic hydroxyl groups excluding tert-OH is 8. The highest BCUT2D eigenvalue weighted by Crippen LogP contribution is 2.30. The molecular weight excluding hydrogens is 991 g/mol. The molecule has 0 aliphatic carbocycles. The summed E-state index contributed by atoms with van der Waals surface area (Å²) < 4.78 is 22.7. The first kappa shape index (κ1) is 70.8. The van der Waals surface area contributed by atoms with E-state index in [0.717, 1.165) is 89.9 Å². The molecule has 0 bridgehead atoms. The smallest absolute Gasteiger partial charge is 0.220 e. The highest BCUT2D eigenvalue weighted by Gasteiger charge is 2.51. The SMILES string of the molecule is CC/C=C\C/C=C\C/C=C\C/C=C\C/C=C\C/C=C\C/C=C\CCCCCCCCCCCCCCCC(=O)NC(COC1OC(CO)C(OC2OC(CO)C(O)C(O)C2O)C(O)C1O)C(O)/C=C/CC/C=C/CCCCC. The fourth-order valence-corrected chi connectivity index (χ4v) is 9.11. The molecule has 1 amide bonds. The Hall–Kier alpha value is -3.35. The normalized spacial score (nSPS) is 25.4. The van der Waals surface area contributed by atoms with Crippen molar-refractivity contribution in [1.29, 1.82) is 0 Å². The Bertz CT molecular complexity index is 1720. The number of carbonyl (C=O) groups is 1. The molecule has 12 atom stereocenters. The first-order valence-electron chi connectivity index (χ1n) is 30.1. The number of hydrogen-bond donors (Lipinski definition) is 9. The third kappa shape index (κ3) is 33.4. The Morgan fingerprint density at radius 1 is 0.474 bits per heavy atom. The molecule has 14 nitrogen and oxygen atoms in total. The average Bonchev–Trinajstić information content (AvgIpc) is 3.44. The zero-order chi connectivity index (χ0) is 56.7. The number of ether oxygens (including phenoxy) is 4. The van der Waals surface area contributed by atoms with Crippen LogP contribution in [-0.2, 0) is 23.7 Å². The molecule has 14 heteroatoms. The first-order valence-corrected chi connectivity index (χ1v) is 30.1. The molecule has 0 aromatic heterocycles. The van der Waals surface area contributed by atoms with Crippen LogP contribution < -0.4 is 5.32 Å². The number of hydrogen-bond acceptors (Lipinski definition) is 13. The number of rotatable bonds is 46. The quantitative estimate of drug-likeness (QED) is 0.0204. The minimum atomic E-state index is -1.79.